The van der Waals surface area contributed by atoms with Crippen LogP contribution in [0.2, 0.25) is 0 Å². The lowest BCUT2D eigenvalue weighted by Crippen LogP contribution is -2.32. The highest BCUT2D eigenvalue weighted by Gasteiger charge is 2.08. The van der Waals surface area contributed by atoms with Gasteiger partial charge in [0, 0.05) is 25.2 Å². The Morgan fingerprint density at radius 2 is 2.10 bits per heavy atom. The van der Waals surface area contributed by atoms with E-state index in [1.165, 1.54) is 18.2 Å². The molecule has 4 nitrogen and oxygen atoms in total. The van der Waals surface area contributed by atoms with Crippen molar-refractivity contribution in [2.75, 3.05) is 26.2 Å². The van der Waals surface area contributed by atoms with Crippen molar-refractivity contribution in [3.8, 4) is 0 Å². The van der Waals surface area contributed by atoms with Gasteiger partial charge in [0.2, 0.25) is 0 Å². The van der Waals surface area contributed by atoms with Crippen molar-refractivity contribution in [3.63, 3.8) is 0 Å². The molecule has 0 fully saturated rings. The smallest absolute Gasteiger partial charge is 0.335 e. The Kier molecular flexibility index (Phi) is 7.18. The molecule has 5 heteroatoms. The number of halogens is 1. The van der Waals surface area contributed by atoms with Crippen molar-refractivity contribution in [1.29, 1.82) is 0 Å². The molecule has 0 bridgehead atoms. The number of carboxylic acids is 1. The molecule has 20 heavy (non-hydrogen) atoms. The second-order valence-electron chi connectivity index (χ2n) is 4.72. The summed E-state index contributed by atoms with van der Waals surface area (Å²) in [7, 11) is 0. The van der Waals surface area contributed by atoms with E-state index >= 15 is 0 Å². The summed E-state index contributed by atoms with van der Waals surface area (Å²) in [6, 6.07) is 3.87. The number of rotatable bonds is 9. The molecule has 0 saturated heterocycles. The second kappa shape index (κ2) is 8.66. The Hall–Kier alpha value is -1.46. The highest BCUT2D eigenvalue weighted by molar-refractivity contribution is 5.87. The third kappa shape index (κ3) is 5.27. The summed E-state index contributed by atoms with van der Waals surface area (Å²) in [5.74, 6) is -1.41. The molecule has 0 aromatic heterocycles. The van der Waals surface area contributed by atoms with Crippen LogP contribution in [0.1, 0.15) is 36.2 Å². The van der Waals surface area contributed by atoms with E-state index in [9.17, 15) is 9.18 Å². The summed E-state index contributed by atoms with van der Waals surface area (Å²) in [6.07, 6.45) is 1.11. The third-order valence-electron chi connectivity index (χ3n) is 3.20. The monoisotopic (exact) mass is 282 g/mol. The zero-order valence-corrected chi connectivity index (χ0v) is 12.2. The molecule has 0 atom stereocenters. The lowest BCUT2D eigenvalue weighted by molar-refractivity contribution is 0.0696. The summed E-state index contributed by atoms with van der Waals surface area (Å²) < 4.78 is 13.6. The van der Waals surface area contributed by atoms with Crippen LogP contribution in [0.3, 0.4) is 0 Å². The van der Waals surface area contributed by atoms with E-state index in [0.717, 1.165) is 32.6 Å². The number of hydrogen-bond acceptors (Lipinski definition) is 3. The summed E-state index contributed by atoms with van der Waals surface area (Å²) in [4.78, 5) is 13.2. The van der Waals surface area contributed by atoms with E-state index in [0.29, 0.717) is 12.1 Å². The number of likely N-dealkylation sites (N-methyl/N-ethyl adjacent to an activating group) is 1. The molecule has 0 aliphatic rings. The first-order chi connectivity index (χ1) is 9.58. The molecule has 0 amide bonds. The normalized spacial score (nSPS) is 11.0. The fraction of sp³-hybridized carbons (Fsp3) is 0.533. The molecule has 1 rings (SSSR count). The van der Waals surface area contributed by atoms with Crippen LogP contribution >= 0.6 is 0 Å². The fourth-order valence-corrected chi connectivity index (χ4v) is 2.05. The molecule has 2 N–H and O–H groups in total. The largest absolute Gasteiger partial charge is 0.478 e. The quantitative estimate of drug-likeness (QED) is 0.683. The Labute approximate surface area is 119 Å². The minimum Gasteiger partial charge on any atom is -0.478 e. The first kappa shape index (κ1) is 16.6. The van der Waals surface area contributed by atoms with E-state index in [-0.39, 0.29) is 11.4 Å². The van der Waals surface area contributed by atoms with Gasteiger partial charge in [-0.1, -0.05) is 13.8 Å². The van der Waals surface area contributed by atoms with Crippen molar-refractivity contribution >= 4 is 5.97 Å². The van der Waals surface area contributed by atoms with Gasteiger partial charge in [-0.15, -0.1) is 0 Å². The number of carbonyl (C=O) groups is 1. The van der Waals surface area contributed by atoms with E-state index < -0.39 is 5.97 Å². The third-order valence-corrected chi connectivity index (χ3v) is 3.20. The standard InChI is InChI=1S/C15H23FN2O2/c1-3-8-18(4-2)9-7-17-11-13-10-12(15(19)20)5-6-14(13)16/h5-6,10,17H,3-4,7-9,11H2,1-2H3,(H,19,20). The van der Waals surface area contributed by atoms with Crippen LogP contribution in [0, 0.1) is 5.82 Å². The predicted molar refractivity (Wildman–Crippen MR) is 77.5 cm³/mol. The van der Waals surface area contributed by atoms with E-state index in [2.05, 4.69) is 24.1 Å². The van der Waals surface area contributed by atoms with Crippen molar-refractivity contribution in [2.45, 2.75) is 26.8 Å². The molecule has 0 spiro atoms. The van der Waals surface area contributed by atoms with Gasteiger partial charge in [-0.2, -0.15) is 0 Å². The summed E-state index contributed by atoms with van der Waals surface area (Å²) in [5.41, 5.74) is 0.507. The average Bonchev–Trinajstić information content (AvgIpc) is 2.43. The molecule has 0 aliphatic heterocycles. The van der Waals surface area contributed by atoms with Crippen LogP contribution < -0.4 is 5.32 Å². The molecule has 0 radical (unpaired) electrons. The van der Waals surface area contributed by atoms with Gasteiger partial charge in [0.1, 0.15) is 5.82 Å². The highest BCUT2D eigenvalue weighted by atomic mass is 19.1. The molecule has 1 aromatic carbocycles. The summed E-state index contributed by atoms with van der Waals surface area (Å²) >= 11 is 0. The SMILES string of the molecule is CCCN(CC)CCNCc1cc(C(=O)O)ccc1F. The Morgan fingerprint density at radius 3 is 2.70 bits per heavy atom. The predicted octanol–water partition coefficient (Wildman–Crippen LogP) is 2.35. The second-order valence-corrected chi connectivity index (χ2v) is 4.72. The van der Waals surface area contributed by atoms with Crippen LogP contribution in [-0.4, -0.2) is 42.2 Å². The van der Waals surface area contributed by atoms with Crippen LogP contribution in [0.25, 0.3) is 0 Å². The number of hydrogen-bond donors (Lipinski definition) is 2. The molecule has 0 unspecified atom stereocenters. The molecule has 0 heterocycles. The minimum absolute atomic E-state index is 0.115. The zero-order valence-electron chi connectivity index (χ0n) is 12.2. The van der Waals surface area contributed by atoms with Gasteiger partial charge in [0.05, 0.1) is 5.56 Å². The first-order valence-electron chi connectivity index (χ1n) is 7.03. The lowest BCUT2D eigenvalue weighted by Gasteiger charge is -2.19. The van der Waals surface area contributed by atoms with Gasteiger partial charge in [0.25, 0.3) is 0 Å². The molecule has 0 aliphatic carbocycles. The molecule has 112 valence electrons. The maximum absolute atomic E-state index is 13.6. The highest BCUT2D eigenvalue weighted by Crippen LogP contribution is 2.10. The van der Waals surface area contributed by atoms with Gasteiger partial charge in [-0.05, 0) is 37.7 Å². The molecular formula is C15H23FN2O2. The van der Waals surface area contributed by atoms with Crippen molar-refractivity contribution in [3.05, 3.63) is 35.1 Å². The zero-order chi connectivity index (χ0) is 15.0. The Morgan fingerprint density at radius 1 is 1.35 bits per heavy atom. The number of nitrogens with one attached hydrogen (secondary N) is 1. The Bertz CT molecular complexity index is 438. The van der Waals surface area contributed by atoms with Gasteiger partial charge < -0.3 is 15.3 Å². The van der Waals surface area contributed by atoms with Crippen LogP contribution in [0.5, 0.6) is 0 Å². The minimum atomic E-state index is -1.04. The lowest BCUT2D eigenvalue weighted by atomic mass is 10.1. The van der Waals surface area contributed by atoms with Crippen molar-refractivity contribution in [2.24, 2.45) is 0 Å². The van der Waals surface area contributed by atoms with Crippen LogP contribution in [0.4, 0.5) is 4.39 Å². The summed E-state index contributed by atoms with van der Waals surface area (Å²) in [5, 5.41) is 12.0. The van der Waals surface area contributed by atoms with Gasteiger partial charge in [0.15, 0.2) is 0 Å². The number of benzene rings is 1. The van der Waals surface area contributed by atoms with Gasteiger partial charge in [-0.25, -0.2) is 9.18 Å². The number of carboxylic acid groups (broad SMARTS) is 1. The van der Waals surface area contributed by atoms with Gasteiger partial charge >= 0.3 is 5.97 Å². The van der Waals surface area contributed by atoms with Crippen LogP contribution in [0.15, 0.2) is 18.2 Å². The molecule has 1 aromatic rings. The van der Waals surface area contributed by atoms with E-state index in [1.54, 1.807) is 0 Å². The van der Waals surface area contributed by atoms with Crippen LogP contribution in [-0.2, 0) is 6.54 Å². The number of nitrogens with zero attached hydrogens (tertiary/aromatic N) is 1. The Balaban J connectivity index is 2.45. The topological polar surface area (TPSA) is 52.6 Å². The maximum Gasteiger partial charge on any atom is 0.335 e. The average molecular weight is 282 g/mol. The van der Waals surface area contributed by atoms with E-state index in [4.69, 9.17) is 5.11 Å². The molecular weight excluding hydrogens is 259 g/mol. The maximum atomic E-state index is 13.6. The number of aromatic carboxylic acids is 1. The molecule has 0 saturated carbocycles. The van der Waals surface area contributed by atoms with Crippen molar-refractivity contribution < 1.29 is 14.3 Å². The van der Waals surface area contributed by atoms with E-state index in [1.807, 2.05) is 0 Å². The fourth-order valence-electron chi connectivity index (χ4n) is 2.05. The van der Waals surface area contributed by atoms with Crippen molar-refractivity contribution in [1.82, 2.24) is 10.2 Å². The first-order valence-corrected chi connectivity index (χ1v) is 7.03. The summed E-state index contributed by atoms with van der Waals surface area (Å²) in [6.45, 7) is 8.32. The van der Waals surface area contributed by atoms with Gasteiger partial charge in [-0.3, -0.25) is 0 Å².